The Morgan fingerprint density at radius 2 is 2.47 bits per heavy atom. The first-order valence-electron chi connectivity index (χ1n) is 5.33. The van der Waals surface area contributed by atoms with Crippen molar-refractivity contribution in [2.45, 2.75) is 37.1 Å². The van der Waals surface area contributed by atoms with Crippen molar-refractivity contribution in [1.29, 1.82) is 0 Å². The van der Waals surface area contributed by atoms with Gasteiger partial charge < -0.3 is 10.6 Å². The van der Waals surface area contributed by atoms with E-state index in [0.717, 1.165) is 6.54 Å². The third-order valence-electron chi connectivity index (χ3n) is 2.97. The molecular formula is C10H17N3S2. The van der Waals surface area contributed by atoms with Crippen LogP contribution >= 0.6 is 23.3 Å². The molecule has 2 heterocycles. The van der Waals surface area contributed by atoms with E-state index in [-0.39, 0.29) is 0 Å². The molecular weight excluding hydrogens is 226 g/mol. The number of thioether (sulfide) groups is 1. The van der Waals surface area contributed by atoms with Gasteiger partial charge in [-0.05, 0) is 37.1 Å². The number of nitrogens with zero attached hydrogens (tertiary/aromatic N) is 2. The summed E-state index contributed by atoms with van der Waals surface area (Å²) in [5, 5.41) is 1.28. The molecule has 0 aromatic carbocycles. The van der Waals surface area contributed by atoms with Crippen molar-refractivity contribution >= 4 is 34.1 Å². The topological polar surface area (TPSA) is 42.2 Å². The minimum absolute atomic E-state index is 0.691. The predicted octanol–water partition coefficient (Wildman–Crippen LogP) is 2.83. The molecule has 1 aromatic heterocycles. The lowest BCUT2D eigenvalue weighted by molar-refractivity contribution is 0.646. The number of hydrogen-bond donors (Lipinski definition) is 1. The van der Waals surface area contributed by atoms with Gasteiger partial charge in [0.1, 0.15) is 5.00 Å². The average Bonchev–Trinajstić information content (AvgIpc) is 2.82. The maximum Gasteiger partial charge on any atom is 0.153 e. The van der Waals surface area contributed by atoms with Gasteiger partial charge >= 0.3 is 0 Å². The van der Waals surface area contributed by atoms with Gasteiger partial charge in [-0.3, -0.25) is 0 Å². The maximum absolute atomic E-state index is 5.86. The molecule has 1 unspecified atom stereocenters. The Bertz CT molecular complexity index is 337. The fourth-order valence-electron chi connectivity index (χ4n) is 2.19. The Labute approximate surface area is 99.2 Å². The summed E-state index contributed by atoms with van der Waals surface area (Å²) in [6.07, 6.45) is 5.89. The Kier molecular flexibility index (Phi) is 3.41. The highest BCUT2D eigenvalue weighted by Gasteiger charge is 2.27. The lowest BCUT2D eigenvalue weighted by Crippen LogP contribution is -2.27. The van der Waals surface area contributed by atoms with Crippen molar-refractivity contribution in [3.05, 3.63) is 0 Å². The van der Waals surface area contributed by atoms with E-state index < -0.39 is 0 Å². The molecule has 0 spiro atoms. The van der Waals surface area contributed by atoms with Gasteiger partial charge in [0, 0.05) is 12.6 Å². The van der Waals surface area contributed by atoms with Crippen molar-refractivity contribution in [3.63, 3.8) is 0 Å². The number of hydrogen-bond acceptors (Lipinski definition) is 5. The first-order valence-corrected chi connectivity index (χ1v) is 7.33. The average molecular weight is 243 g/mol. The second-order valence-corrected chi connectivity index (χ2v) is 5.37. The van der Waals surface area contributed by atoms with Gasteiger partial charge in [0.05, 0.1) is 4.90 Å². The highest BCUT2D eigenvalue weighted by molar-refractivity contribution is 7.99. The molecule has 3 nitrogen and oxygen atoms in total. The minimum Gasteiger partial charge on any atom is -0.382 e. The number of nitrogen functional groups attached to an aromatic ring is 1. The van der Waals surface area contributed by atoms with Gasteiger partial charge in [-0.2, -0.15) is 4.37 Å². The quantitative estimate of drug-likeness (QED) is 0.829. The zero-order chi connectivity index (χ0) is 10.8. The molecule has 2 N–H and O–H groups in total. The molecule has 15 heavy (non-hydrogen) atoms. The van der Waals surface area contributed by atoms with Gasteiger partial charge in [0.15, 0.2) is 5.82 Å². The van der Waals surface area contributed by atoms with Crippen molar-refractivity contribution in [2.24, 2.45) is 0 Å². The molecule has 0 saturated carbocycles. The van der Waals surface area contributed by atoms with Crippen LogP contribution in [0.15, 0.2) is 4.90 Å². The second kappa shape index (κ2) is 4.61. The Balaban J connectivity index is 2.28. The van der Waals surface area contributed by atoms with Gasteiger partial charge in [-0.15, -0.1) is 11.8 Å². The van der Waals surface area contributed by atoms with Crippen LogP contribution in [0.25, 0.3) is 0 Å². The predicted molar refractivity (Wildman–Crippen MR) is 69.0 cm³/mol. The van der Waals surface area contributed by atoms with E-state index in [0.29, 0.717) is 11.9 Å². The molecule has 1 fully saturated rings. The Morgan fingerprint density at radius 1 is 1.67 bits per heavy atom. The zero-order valence-corrected chi connectivity index (χ0v) is 10.8. The molecule has 1 aromatic rings. The number of rotatable bonds is 3. The van der Waals surface area contributed by atoms with E-state index in [2.05, 4.69) is 22.5 Å². The standard InChI is InChI=1S/C10H17N3S2/c1-3-7-5-4-6-13(7)10-8(14-2)9(11)12-15-10/h7H,3-6H2,1-2H3,(H2,11,12). The molecule has 5 heteroatoms. The van der Waals surface area contributed by atoms with E-state index in [1.807, 2.05) is 0 Å². The number of anilines is 2. The summed E-state index contributed by atoms with van der Waals surface area (Å²) >= 11 is 3.26. The minimum atomic E-state index is 0.691. The van der Waals surface area contributed by atoms with Crippen LogP contribution in [0.1, 0.15) is 26.2 Å². The van der Waals surface area contributed by atoms with Gasteiger partial charge in [0.2, 0.25) is 0 Å². The summed E-state index contributed by atoms with van der Waals surface area (Å²) in [7, 11) is 0. The van der Waals surface area contributed by atoms with Crippen LogP contribution in [0.4, 0.5) is 10.8 Å². The smallest absolute Gasteiger partial charge is 0.153 e. The lowest BCUT2D eigenvalue weighted by atomic mass is 10.2. The van der Waals surface area contributed by atoms with Crippen LogP contribution in [0.2, 0.25) is 0 Å². The van der Waals surface area contributed by atoms with Crippen LogP contribution < -0.4 is 10.6 Å². The van der Waals surface area contributed by atoms with Crippen molar-refractivity contribution < 1.29 is 0 Å². The molecule has 0 amide bonds. The monoisotopic (exact) mass is 243 g/mol. The van der Waals surface area contributed by atoms with Crippen molar-refractivity contribution in [1.82, 2.24) is 4.37 Å². The molecule has 84 valence electrons. The first-order chi connectivity index (χ1) is 7.27. The van der Waals surface area contributed by atoms with Crippen LogP contribution in [0.5, 0.6) is 0 Å². The summed E-state index contributed by atoms with van der Waals surface area (Å²) in [6.45, 7) is 3.42. The summed E-state index contributed by atoms with van der Waals surface area (Å²) in [5.74, 6) is 0.698. The summed E-state index contributed by atoms with van der Waals surface area (Å²) in [6, 6.07) is 0.691. The summed E-state index contributed by atoms with van der Waals surface area (Å²) in [5.41, 5.74) is 5.86. The first kappa shape index (κ1) is 11.1. The molecule has 1 saturated heterocycles. The van der Waals surface area contributed by atoms with Crippen LogP contribution in [-0.2, 0) is 0 Å². The normalized spacial score (nSPS) is 21.2. The van der Waals surface area contributed by atoms with Gasteiger partial charge in [-0.1, -0.05) is 6.92 Å². The molecule has 1 aliphatic rings. The molecule has 0 radical (unpaired) electrons. The van der Waals surface area contributed by atoms with Crippen LogP contribution in [0, 0.1) is 0 Å². The summed E-state index contributed by atoms with van der Waals surface area (Å²) < 4.78 is 4.26. The molecule has 0 aliphatic carbocycles. The maximum atomic E-state index is 5.86. The van der Waals surface area contributed by atoms with E-state index >= 15 is 0 Å². The highest BCUT2D eigenvalue weighted by atomic mass is 32.2. The molecule has 1 aliphatic heterocycles. The van der Waals surface area contributed by atoms with E-state index in [1.54, 1.807) is 23.3 Å². The van der Waals surface area contributed by atoms with E-state index in [1.165, 1.54) is 29.2 Å². The zero-order valence-electron chi connectivity index (χ0n) is 9.19. The largest absolute Gasteiger partial charge is 0.382 e. The third-order valence-corrected chi connectivity index (χ3v) is 4.81. The Hall–Kier alpha value is -0.420. The van der Waals surface area contributed by atoms with Crippen molar-refractivity contribution in [2.75, 3.05) is 23.4 Å². The SMILES string of the molecule is CCC1CCCN1c1snc(N)c1SC. The summed E-state index contributed by atoms with van der Waals surface area (Å²) in [4.78, 5) is 3.65. The fraction of sp³-hybridized carbons (Fsp3) is 0.700. The van der Waals surface area contributed by atoms with E-state index in [9.17, 15) is 0 Å². The second-order valence-electron chi connectivity index (χ2n) is 3.80. The van der Waals surface area contributed by atoms with Crippen LogP contribution in [0.3, 0.4) is 0 Å². The van der Waals surface area contributed by atoms with Gasteiger partial charge in [0.25, 0.3) is 0 Å². The van der Waals surface area contributed by atoms with Crippen molar-refractivity contribution in [3.8, 4) is 0 Å². The Morgan fingerprint density at radius 3 is 3.13 bits per heavy atom. The number of aromatic nitrogens is 1. The molecule has 2 rings (SSSR count). The van der Waals surface area contributed by atoms with Gasteiger partial charge in [-0.25, -0.2) is 0 Å². The fourth-order valence-corrected chi connectivity index (χ4v) is 3.96. The highest BCUT2D eigenvalue weighted by Crippen LogP contribution is 2.40. The lowest BCUT2D eigenvalue weighted by Gasteiger charge is -2.24. The van der Waals surface area contributed by atoms with E-state index in [4.69, 9.17) is 5.73 Å². The van der Waals surface area contributed by atoms with Crippen LogP contribution in [-0.4, -0.2) is 23.2 Å². The molecule has 1 atom stereocenters. The molecule has 0 bridgehead atoms. The number of nitrogens with two attached hydrogens (primary N) is 1. The third kappa shape index (κ3) is 1.95.